The molecule has 7 heteroatoms. The third kappa shape index (κ3) is 4.95. The number of carbonyl (C=O) groups excluding carboxylic acids is 2. The number of hydrogen-bond acceptors (Lipinski definition) is 4. The summed E-state index contributed by atoms with van der Waals surface area (Å²) < 4.78 is 31.3. The lowest BCUT2D eigenvalue weighted by Crippen LogP contribution is -2.30. The normalized spacial score (nSPS) is 11.6. The van der Waals surface area contributed by atoms with Crippen LogP contribution >= 0.6 is 0 Å². The number of aromatic hydroxyl groups is 1. The average Bonchev–Trinajstić information content (AvgIpc) is 2.71. The molecule has 0 aliphatic rings. The van der Waals surface area contributed by atoms with Gasteiger partial charge in [0.05, 0.1) is 5.56 Å². The first-order chi connectivity index (χ1) is 13.8. The molecule has 0 aromatic heterocycles. The molecule has 0 saturated carbocycles. The van der Waals surface area contributed by atoms with Crippen molar-refractivity contribution in [2.45, 2.75) is 13.0 Å². The van der Waals surface area contributed by atoms with Gasteiger partial charge in [0.2, 0.25) is 0 Å². The third-order valence-electron chi connectivity index (χ3n) is 4.16. The van der Waals surface area contributed by atoms with E-state index in [0.717, 1.165) is 23.3 Å². The number of anilines is 1. The largest absolute Gasteiger partial charge is 0.508 e. The lowest BCUT2D eigenvalue weighted by atomic mass is 10.0. The topological polar surface area (TPSA) is 75.6 Å². The standard InChI is InChI=1S/C22H17F2NO4/c1-13(21(27)25-17-8-11-19(23)20(24)12-17)29-22(28)16-4-2-14(3-5-16)15-6-9-18(26)10-7-15/h2-13,26H,1H3,(H,25,27)/t13-/m0/s1. The lowest BCUT2D eigenvalue weighted by Gasteiger charge is -2.14. The van der Waals surface area contributed by atoms with Gasteiger partial charge in [-0.05, 0) is 54.4 Å². The van der Waals surface area contributed by atoms with Gasteiger partial charge in [-0.25, -0.2) is 13.6 Å². The van der Waals surface area contributed by atoms with Gasteiger partial charge in [-0.3, -0.25) is 4.79 Å². The highest BCUT2D eigenvalue weighted by atomic mass is 19.2. The van der Waals surface area contributed by atoms with E-state index in [0.29, 0.717) is 0 Å². The molecule has 0 heterocycles. The number of nitrogens with one attached hydrogen (secondary N) is 1. The summed E-state index contributed by atoms with van der Waals surface area (Å²) in [6.45, 7) is 1.37. The number of benzene rings is 3. The SMILES string of the molecule is C[C@H](OC(=O)c1ccc(-c2ccc(O)cc2)cc1)C(=O)Nc1ccc(F)c(F)c1. The van der Waals surface area contributed by atoms with E-state index >= 15 is 0 Å². The van der Waals surface area contributed by atoms with Crippen molar-refractivity contribution in [1.29, 1.82) is 0 Å². The van der Waals surface area contributed by atoms with Crippen molar-refractivity contribution >= 4 is 17.6 Å². The number of phenolic OH excluding ortho intramolecular Hbond substituents is 1. The Kier molecular flexibility index (Phi) is 5.87. The van der Waals surface area contributed by atoms with E-state index < -0.39 is 29.6 Å². The van der Waals surface area contributed by atoms with Gasteiger partial charge >= 0.3 is 5.97 Å². The maximum atomic E-state index is 13.2. The minimum Gasteiger partial charge on any atom is -0.508 e. The molecular weight excluding hydrogens is 380 g/mol. The van der Waals surface area contributed by atoms with Gasteiger partial charge in [-0.1, -0.05) is 24.3 Å². The van der Waals surface area contributed by atoms with Crippen LogP contribution in [0, 0.1) is 11.6 Å². The number of phenols is 1. The number of carbonyl (C=O) groups is 2. The van der Waals surface area contributed by atoms with Gasteiger partial charge in [0, 0.05) is 11.8 Å². The van der Waals surface area contributed by atoms with Crippen LogP contribution in [0.15, 0.2) is 66.7 Å². The summed E-state index contributed by atoms with van der Waals surface area (Å²) in [4.78, 5) is 24.4. The Bertz CT molecular complexity index is 1030. The molecule has 1 atom stereocenters. The number of ether oxygens (including phenoxy) is 1. The van der Waals surface area contributed by atoms with Crippen molar-refractivity contribution < 1.29 is 28.2 Å². The zero-order chi connectivity index (χ0) is 21.0. The van der Waals surface area contributed by atoms with Crippen LogP contribution in [0.25, 0.3) is 11.1 Å². The lowest BCUT2D eigenvalue weighted by molar-refractivity contribution is -0.123. The molecule has 29 heavy (non-hydrogen) atoms. The van der Waals surface area contributed by atoms with E-state index in [9.17, 15) is 23.5 Å². The quantitative estimate of drug-likeness (QED) is 0.621. The monoisotopic (exact) mass is 397 g/mol. The number of hydrogen-bond donors (Lipinski definition) is 2. The first-order valence-electron chi connectivity index (χ1n) is 8.70. The van der Waals surface area contributed by atoms with Crippen LogP contribution in [0.2, 0.25) is 0 Å². The molecule has 3 aromatic carbocycles. The number of esters is 1. The molecule has 2 N–H and O–H groups in total. The Morgan fingerprint density at radius 2 is 1.48 bits per heavy atom. The van der Waals surface area contributed by atoms with E-state index in [1.165, 1.54) is 13.0 Å². The Morgan fingerprint density at radius 1 is 0.897 bits per heavy atom. The Morgan fingerprint density at radius 3 is 2.07 bits per heavy atom. The number of rotatable bonds is 5. The maximum absolute atomic E-state index is 13.2. The molecule has 0 fully saturated rings. The molecule has 3 rings (SSSR count). The second-order valence-corrected chi connectivity index (χ2v) is 6.29. The van der Waals surface area contributed by atoms with Crippen LogP contribution in [0.1, 0.15) is 17.3 Å². The van der Waals surface area contributed by atoms with E-state index in [1.54, 1.807) is 48.5 Å². The third-order valence-corrected chi connectivity index (χ3v) is 4.16. The summed E-state index contributed by atoms with van der Waals surface area (Å²) in [6.07, 6.45) is -1.15. The fourth-order valence-electron chi connectivity index (χ4n) is 2.55. The van der Waals surface area contributed by atoms with Gasteiger partial charge in [-0.2, -0.15) is 0 Å². The number of halogens is 2. The van der Waals surface area contributed by atoms with E-state index in [-0.39, 0.29) is 17.0 Å². The average molecular weight is 397 g/mol. The Hall–Kier alpha value is -3.74. The fraction of sp³-hybridized carbons (Fsp3) is 0.0909. The van der Waals surface area contributed by atoms with Gasteiger partial charge in [0.15, 0.2) is 17.7 Å². The van der Waals surface area contributed by atoms with Crippen molar-refractivity contribution in [2.24, 2.45) is 0 Å². The molecule has 1 amide bonds. The van der Waals surface area contributed by atoms with Gasteiger partial charge in [0.25, 0.3) is 5.91 Å². The van der Waals surface area contributed by atoms with Crippen LogP contribution in [-0.2, 0) is 9.53 Å². The first-order valence-corrected chi connectivity index (χ1v) is 8.70. The van der Waals surface area contributed by atoms with Crippen LogP contribution < -0.4 is 5.32 Å². The maximum Gasteiger partial charge on any atom is 0.338 e. The van der Waals surface area contributed by atoms with Crippen molar-refractivity contribution in [3.63, 3.8) is 0 Å². The van der Waals surface area contributed by atoms with Crippen molar-refractivity contribution in [2.75, 3.05) is 5.32 Å². The zero-order valence-electron chi connectivity index (χ0n) is 15.4. The van der Waals surface area contributed by atoms with Crippen molar-refractivity contribution in [3.8, 4) is 16.9 Å². The second kappa shape index (κ2) is 8.52. The van der Waals surface area contributed by atoms with Gasteiger partial charge in [0.1, 0.15) is 5.75 Å². The molecule has 0 saturated heterocycles. The summed E-state index contributed by atoms with van der Waals surface area (Å²) in [5.41, 5.74) is 2.00. The molecule has 0 bridgehead atoms. The Labute approximate surface area is 165 Å². The van der Waals surface area contributed by atoms with Crippen molar-refractivity contribution in [1.82, 2.24) is 0 Å². The van der Waals surface area contributed by atoms with Gasteiger partial charge in [-0.15, -0.1) is 0 Å². The summed E-state index contributed by atoms with van der Waals surface area (Å²) >= 11 is 0. The van der Waals surface area contributed by atoms with E-state index in [2.05, 4.69) is 5.32 Å². The first kappa shape index (κ1) is 20.0. The fourth-order valence-corrected chi connectivity index (χ4v) is 2.55. The van der Waals surface area contributed by atoms with Gasteiger partial charge < -0.3 is 15.2 Å². The van der Waals surface area contributed by atoms with Crippen molar-refractivity contribution in [3.05, 3.63) is 83.9 Å². The summed E-state index contributed by atoms with van der Waals surface area (Å²) in [7, 11) is 0. The molecule has 0 aliphatic carbocycles. The van der Waals surface area contributed by atoms with Crippen LogP contribution in [0.4, 0.5) is 14.5 Å². The Balaban J connectivity index is 1.62. The molecule has 0 radical (unpaired) electrons. The molecule has 0 aliphatic heterocycles. The van der Waals surface area contributed by atoms with E-state index in [4.69, 9.17) is 4.74 Å². The van der Waals surface area contributed by atoms with Crippen LogP contribution in [-0.4, -0.2) is 23.1 Å². The molecule has 148 valence electrons. The highest BCUT2D eigenvalue weighted by molar-refractivity contribution is 5.97. The minimum absolute atomic E-state index is 0.0510. The minimum atomic E-state index is -1.15. The van der Waals surface area contributed by atoms with E-state index in [1.807, 2.05) is 0 Å². The summed E-state index contributed by atoms with van der Waals surface area (Å²) in [6, 6.07) is 16.1. The van der Waals surface area contributed by atoms with Crippen LogP contribution in [0.5, 0.6) is 5.75 Å². The molecule has 3 aromatic rings. The smallest absolute Gasteiger partial charge is 0.338 e. The highest BCUT2D eigenvalue weighted by Gasteiger charge is 2.19. The highest BCUT2D eigenvalue weighted by Crippen LogP contribution is 2.22. The molecular formula is C22H17F2NO4. The number of amides is 1. The molecule has 5 nitrogen and oxygen atoms in total. The zero-order valence-corrected chi connectivity index (χ0v) is 15.4. The predicted octanol–water partition coefficient (Wildman–Crippen LogP) is 4.52. The summed E-state index contributed by atoms with van der Waals surface area (Å²) in [5, 5.41) is 11.7. The summed E-state index contributed by atoms with van der Waals surface area (Å²) in [5.74, 6) is -3.34. The predicted molar refractivity (Wildman–Crippen MR) is 103 cm³/mol. The molecule has 0 unspecified atom stereocenters. The second-order valence-electron chi connectivity index (χ2n) is 6.29. The van der Waals surface area contributed by atoms with Crippen LogP contribution in [0.3, 0.4) is 0 Å². The molecule has 0 spiro atoms.